The minimum absolute atomic E-state index is 0.0805. The van der Waals surface area contributed by atoms with E-state index in [1.807, 2.05) is 31.2 Å². The molecule has 0 radical (unpaired) electrons. The molecule has 1 aliphatic heterocycles. The van der Waals surface area contributed by atoms with Crippen molar-refractivity contribution in [1.29, 1.82) is 0 Å². The number of aromatic nitrogens is 2. The SMILES string of the molecule is CCN1CCN(C(=O)c2cnc(NC)nc2)[C@H](Cc2ccc(-c3ccccc3F)cc2)C1=O. The van der Waals surface area contributed by atoms with E-state index in [9.17, 15) is 14.0 Å². The number of amides is 2. The van der Waals surface area contributed by atoms with Crippen molar-refractivity contribution in [3.8, 4) is 11.1 Å². The van der Waals surface area contributed by atoms with Crippen molar-refractivity contribution in [1.82, 2.24) is 19.8 Å². The first-order valence-corrected chi connectivity index (χ1v) is 10.9. The highest BCUT2D eigenvalue weighted by atomic mass is 19.1. The maximum atomic E-state index is 14.1. The number of carbonyl (C=O) groups excluding carboxylic acids is 2. The number of halogens is 1. The molecule has 4 rings (SSSR count). The standard InChI is InChI=1S/C25H26FN5O2/c1-3-30-12-13-31(23(32)19-15-28-25(27-2)29-16-19)22(24(30)33)14-17-8-10-18(11-9-17)20-6-4-5-7-21(20)26/h4-11,15-16,22H,3,12-14H2,1-2H3,(H,27,28,29)/t22-/m1/s1. The molecule has 7 nitrogen and oxygen atoms in total. The number of nitrogens with one attached hydrogen (secondary N) is 1. The quantitative estimate of drug-likeness (QED) is 0.628. The van der Waals surface area contributed by atoms with Gasteiger partial charge in [-0.05, 0) is 24.1 Å². The number of anilines is 1. The monoisotopic (exact) mass is 447 g/mol. The van der Waals surface area contributed by atoms with Crippen LogP contribution in [0, 0.1) is 5.82 Å². The molecule has 2 heterocycles. The smallest absolute Gasteiger partial charge is 0.257 e. The highest BCUT2D eigenvalue weighted by molar-refractivity contribution is 5.98. The van der Waals surface area contributed by atoms with Gasteiger partial charge in [-0.3, -0.25) is 9.59 Å². The maximum Gasteiger partial charge on any atom is 0.257 e. The molecular weight excluding hydrogens is 421 g/mol. The molecule has 0 saturated carbocycles. The zero-order valence-corrected chi connectivity index (χ0v) is 18.7. The Labute approximate surface area is 192 Å². The molecule has 1 atom stereocenters. The van der Waals surface area contributed by atoms with Crippen LogP contribution in [0.4, 0.5) is 10.3 Å². The van der Waals surface area contributed by atoms with Gasteiger partial charge in [0.2, 0.25) is 11.9 Å². The van der Waals surface area contributed by atoms with Gasteiger partial charge in [0.15, 0.2) is 0 Å². The number of hydrogen-bond acceptors (Lipinski definition) is 5. The van der Waals surface area contributed by atoms with Crippen LogP contribution < -0.4 is 5.32 Å². The second-order valence-corrected chi connectivity index (χ2v) is 7.86. The Bertz CT molecular complexity index is 1130. The van der Waals surface area contributed by atoms with Gasteiger partial charge in [-0.1, -0.05) is 42.5 Å². The lowest BCUT2D eigenvalue weighted by Crippen LogP contribution is -2.59. The fourth-order valence-corrected chi connectivity index (χ4v) is 4.07. The number of rotatable bonds is 6. The average molecular weight is 448 g/mol. The predicted molar refractivity (Wildman–Crippen MR) is 124 cm³/mol. The van der Waals surface area contributed by atoms with Crippen molar-refractivity contribution < 1.29 is 14.0 Å². The summed E-state index contributed by atoms with van der Waals surface area (Å²) in [7, 11) is 1.70. The molecule has 0 spiro atoms. The van der Waals surface area contributed by atoms with Crippen molar-refractivity contribution in [3.05, 3.63) is 77.9 Å². The van der Waals surface area contributed by atoms with E-state index >= 15 is 0 Å². The second kappa shape index (κ2) is 9.77. The van der Waals surface area contributed by atoms with E-state index in [0.717, 1.165) is 11.1 Å². The van der Waals surface area contributed by atoms with Gasteiger partial charge in [0.25, 0.3) is 5.91 Å². The Kier molecular flexibility index (Phi) is 6.63. The Balaban J connectivity index is 1.58. The Morgan fingerprint density at radius 3 is 2.42 bits per heavy atom. The molecule has 2 amide bonds. The Morgan fingerprint density at radius 1 is 1.09 bits per heavy atom. The van der Waals surface area contributed by atoms with Crippen LogP contribution >= 0.6 is 0 Å². The summed E-state index contributed by atoms with van der Waals surface area (Å²) in [6, 6.07) is 13.4. The minimum atomic E-state index is -0.630. The highest BCUT2D eigenvalue weighted by Crippen LogP contribution is 2.25. The Hall–Kier alpha value is -3.81. The molecule has 1 fully saturated rings. The van der Waals surface area contributed by atoms with Crippen LogP contribution in [0.3, 0.4) is 0 Å². The zero-order valence-electron chi connectivity index (χ0n) is 18.7. The van der Waals surface area contributed by atoms with E-state index in [2.05, 4.69) is 15.3 Å². The predicted octanol–water partition coefficient (Wildman–Crippen LogP) is 3.24. The fourth-order valence-electron chi connectivity index (χ4n) is 4.07. The zero-order chi connectivity index (χ0) is 23.4. The van der Waals surface area contributed by atoms with Crippen molar-refractivity contribution in [2.75, 3.05) is 32.0 Å². The Morgan fingerprint density at radius 2 is 1.79 bits per heavy atom. The third kappa shape index (κ3) is 4.69. The van der Waals surface area contributed by atoms with E-state index < -0.39 is 6.04 Å². The molecule has 1 aliphatic rings. The molecule has 0 unspecified atom stereocenters. The van der Waals surface area contributed by atoms with Crippen molar-refractivity contribution >= 4 is 17.8 Å². The van der Waals surface area contributed by atoms with Crippen LogP contribution in [0.2, 0.25) is 0 Å². The van der Waals surface area contributed by atoms with Crippen LogP contribution in [0.25, 0.3) is 11.1 Å². The largest absolute Gasteiger partial charge is 0.357 e. The molecule has 1 aromatic heterocycles. The number of benzene rings is 2. The fraction of sp³-hybridized carbons (Fsp3) is 0.280. The number of carbonyl (C=O) groups is 2. The lowest BCUT2D eigenvalue weighted by atomic mass is 9.97. The summed E-state index contributed by atoms with van der Waals surface area (Å²) in [4.78, 5) is 38.0. The van der Waals surface area contributed by atoms with Gasteiger partial charge < -0.3 is 15.1 Å². The first-order chi connectivity index (χ1) is 16.0. The summed E-state index contributed by atoms with van der Waals surface area (Å²) in [5.74, 6) is -0.211. The summed E-state index contributed by atoms with van der Waals surface area (Å²) in [6.45, 7) is 3.44. The molecule has 33 heavy (non-hydrogen) atoms. The average Bonchev–Trinajstić information content (AvgIpc) is 2.86. The molecule has 1 N–H and O–H groups in total. The van der Waals surface area contributed by atoms with E-state index in [-0.39, 0.29) is 17.6 Å². The lowest BCUT2D eigenvalue weighted by molar-refractivity contribution is -0.139. The number of piperazine rings is 1. The molecule has 3 aromatic rings. The topological polar surface area (TPSA) is 78.4 Å². The van der Waals surface area contributed by atoms with Gasteiger partial charge in [-0.2, -0.15) is 0 Å². The molecule has 0 aliphatic carbocycles. The summed E-state index contributed by atoms with van der Waals surface area (Å²) in [5, 5.41) is 2.82. The van der Waals surface area contributed by atoms with Crippen LogP contribution in [0.5, 0.6) is 0 Å². The number of nitrogens with zero attached hydrogens (tertiary/aromatic N) is 4. The number of likely N-dealkylation sites (N-methyl/N-ethyl adjacent to an activating group) is 1. The maximum absolute atomic E-state index is 14.1. The summed E-state index contributed by atoms with van der Waals surface area (Å²) in [6.07, 6.45) is 3.31. The van der Waals surface area contributed by atoms with Crippen molar-refractivity contribution in [3.63, 3.8) is 0 Å². The van der Waals surface area contributed by atoms with Gasteiger partial charge >= 0.3 is 0 Å². The van der Waals surface area contributed by atoms with E-state index in [1.54, 1.807) is 35.0 Å². The third-order valence-electron chi connectivity index (χ3n) is 5.92. The van der Waals surface area contributed by atoms with Crippen molar-refractivity contribution in [2.24, 2.45) is 0 Å². The first-order valence-electron chi connectivity index (χ1n) is 10.9. The highest BCUT2D eigenvalue weighted by Gasteiger charge is 2.37. The minimum Gasteiger partial charge on any atom is -0.357 e. The summed E-state index contributed by atoms with van der Waals surface area (Å²) < 4.78 is 14.1. The van der Waals surface area contributed by atoms with Gasteiger partial charge in [0, 0.05) is 51.1 Å². The molecule has 0 bridgehead atoms. The van der Waals surface area contributed by atoms with Gasteiger partial charge in [-0.25, -0.2) is 14.4 Å². The summed E-state index contributed by atoms with van der Waals surface area (Å²) >= 11 is 0. The van der Waals surface area contributed by atoms with Gasteiger partial charge in [-0.15, -0.1) is 0 Å². The van der Waals surface area contributed by atoms with Crippen LogP contribution in [-0.4, -0.2) is 64.3 Å². The second-order valence-electron chi connectivity index (χ2n) is 7.86. The van der Waals surface area contributed by atoms with Gasteiger partial charge in [0.05, 0.1) is 5.56 Å². The molecule has 2 aromatic carbocycles. The van der Waals surface area contributed by atoms with E-state index in [4.69, 9.17) is 0 Å². The molecule has 1 saturated heterocycles. The summed E-state index contributed by atoms with van der Waals surface area (Å²) in [5.41, 5.74) is 2.52. The normalized spacial score (nSPS) is 16.1. The van der Waals surface area contributed by atoms with Crippen LogP contribution in [-0.2, 0) is 11.2 Å². The molecule has 170 valence electrons. The van der Waals surface area contributed by atoms with Crippen molar-refractivity contribution in [2.45, 2.75) is 19.4 Å². The lowest BCUT2D eigenvalue weighted by Gasteiger charge is -2.40. The molecule has 8 heteroatoms. The van der Waals surface area contributed by atoms with Gasteiger partial charge in [0.1, 0.15) is 11.9 Å². The van der Waals surface area contributed by atoms with Crippen LogP contribution in [0.1, 0.15) is 22.8 Å². The van der Waals surface area contributed by atoms with E-state index in [1.165, 1.54) is 18.5 Å². The van der Waals surface area contributed by atoms with Crippen LogP contribution in [0.15, 0.2) is 60.9 Å². The van der Waals surface area contributed by atoms with E-state index in [0.29, 0.717) is 43.1 Å². The number of hydrogen-bond donors (Lipinski definition) is 1. The molecular formula is C25H26FN5O2. The first kappa shape index (κ1) is 22.4. The third-order valence-corrected chi connectivity index (χ3v) is 5.92.